The standard InChI is InChI=1S/C15H15NO5S/c1-3-6-21-15(19)16(9-14(17)18)13-8-10-7-11(20-2)4-5-12(10)22-13/h3-5,7-8H,1,6,9H2,2H3,(H,17,18). The molecule has 1 aromatic heterocycles. The second-order valence-corrected chi connectivity index (χ2v) is 5.40. The number of aliphatic carboxylic acids is 1. The molecule has 0 aliphatic rings. The maximum atomic E-state index is 12.0. The highest BCUT2D eigenvalue weighted by Crippen LogP contribution is 2.34. The smallest absolute Gasteiger partial charge is 0.415 e. The monoisotopic (exact) mass is 321 g/mol. The number of benzene rings is 1. The molecule has 2 aromatic rings. The molecule has 0 saturated heterocycles. The fourth-order valence-corrected chi connectivity index (χ4v) is 2.88. The second-order valence-electron chi connectivity index (χ2n) is 4.33. The first-order valence-electron chi connectivity index (χ1n) is 6.39. The quantitative estimate of drug-likeness (QED) is 0.827. The van der Waals surface area contributed by atoms with Crippen LogP contribution in [-0.4, -0.2) is 37.4 Å². The number of methoxy groups -OCH3 is 1. The van der Waals surface area contributed by atoms with Crippen molar-refractivity contribution >= 4 is 38.5 Å². The molecule has 0 bridgehead atoms. The van der Waals surface area contributed by atoms with Crippen LogP contribution in [-0.2, 0) is 9.53 Å². The van der Waals surface area contributed by atoms with E-state index in [4.69, 9.17) is 14.6 Å². The summed E-state index contributed by atoms with van der Waals surface area (Å²) in [5.74, 6) is -0.429. The minimum absolute atomic E-state index is 0.0215. The van der Waals surface area contributed by atoms with Gasteiger partial charge in [0.05, 0.1) is 7.11 Å². The number of carbonyl (C=O) groups is 2. The molecule has 0 fully saturated rings. The molecule has 0 unspecified atom stereocenters. The summed E-state index contributed by atoms with van der Waals surface area (Å²) in [6.45, 7) is 3.01. The molecule has 1 heterocycles. The zero-order valence-electron chi connectivity index (χ0n) is 11.9. The van der Waals surface area contributed by atoms with Gasteiger partial charge in [0.25, 0.3) is 0 Å². The summed E-state index contributed by atoms with van der Waals surface area (Å²) in [5, 5.41) is 10.4. The predicted octanol–water partition coefficient (Wildman–Crippen LogP) is 3.12. The summed E-state index contributed by atoms with van der Waals surface area (Å²) in [6, 6.07) is 7.22. The summed E-state index contributed by atoms with van der Waals surface area (Å²) in [6.07, 6.45) is 0.702. The van der Waals surface area contributed by atoms with Gasteiger partial charge in [-0.25, -0.2) is 4.79 Å². The number of carboxylic acids is 1. The van der Waals surface area contributed by atoms with Crippen molar-refractivity contribution in [2.75, 3.05) is 25.2 Å². The molecule has 7 heteroatoms. The predicted molar refractivity (Wildman–Crippen MR) is 84.9 cm³/mol. The van der Waals surface area contributed by atoms with E-state index in [1.165, 1.54) is 17.4 Å². The number of carbonyl (C=O) groups excluding carboxylic acids is 1. The van der Waals surface area contributed by atoms with E-state index in [1.807, 2.05) is 12.1 Å². The highest BCUT2D eigenvalue weighted by molar-refractivity contribution is 7.23. The lowest BCUT2D eigenvalue weighted by Crippen LogP contribution is -2.35. The highest BCUT2D eigenvalue weighted by Gasteiger charge is 2.22. The Morgan fingerprint density at radius 2 is 2.18 bits per heavy atom. The molecule has 2 rings (SSSR count). The van der Waals surface area contributed by atoms with Gasteiger partial charge >= 0.3 is 12.1 Å². The molecule has 1 amide bonds. The average molecular weight is 321 g/mol. The topological polar surface area (TPSA) is 76.1 Å². The average Bonchev–Trinajstić information content (AvgIpc) is 2.92. The Balaban J connectivity index is 2.35. The van der Waals surface area contributed by atoms with Gasteiger partial charge in [0.15, 0.2) is 0 Å². The number of ether oxygens (including phenoxy) is 2. The maximum Gasteiger partial charge on any atom is 0.415 e. The molecule has 6 nitrogen and oxygen atoms in total. The summed E-state index contributed by atoms with van der Waals surface area (Å²) in [5.41, 5.74) is 0. The molecular weight excluding hydrogens is 306 g/mol. The number of hydrogen-bond donors (Lipinski definition) is 1. The van der Waals surface area contributed by atoms with E-state index in [2.05, 4.69) is 6.58 Å². The fraction of sp³-hybridized carbons (Fsp3) is 0.200. The number of hydrogen-bond acceptors (Lipinski definition) is 5. The maximum absolute atomic E-state index is 12.0. The van der Waals surface area contributed by atoms with Gasteiger partial charge in [-0.2, -0.15) is 0 Å². The number of nitrogens with zero attached hydrogens (tertiary/aromatic N) is 1. The van der Waals surface area contributed by atoms with Crippen LogP contribution in [0.5, 0.6) is 5.75 Å². The van der Waals surface area contributed by atoms with Crippen molar-refractivity contribution in [2.45, 2.75) is 0 Å². The third kappa shape index (κ3) is 3.56. The van der Waals surface area contributed by atoms with Gasteiger partial charge in [0.1, 0.15) is 23.9 Å². The molecule has 0 radical (unpaired) electrons. The van der Waals surface area contributed by atoms with Gasteiger partial charge in [-0.15, -0.1) is 11.3 Å². The van der Waals surface area contributed by atoms with E-state index in [0.29, 0.717) is 10.8 Å². The van der Waals surface area contributed by atoms with Crippen LogP contribution in [0.15, 0.2) is 36.9 Å². The number of amides is 1. The molecule has 0 spiro atoms. The zero-order valence-corrected chi connectivity index (χ0v) is 12.8. The van der Waals surface area contributed by atoms with Crippen molar-refractivity contribution in [1.82, 2.24) is 0 Å². The Morgan fingerprint density at radius 3 is 2.82 bits per heavy atom. The van der Waals surface area contributed by atoms with Crippen LogP contribution in [0.25, 0.3) is 10.1 Å². The molecule has 0 aliphatic carbocycles. The fourth-order valence-electron chi connectivity index (χ4n) is 1.84. The Kier molecular flexibility index (Phi) is 5.00. The van der Waals surface area contributed by atoms with E-state index in [0.717, 1.165) is 15.0 Å². The molecule has 116 valence electrons. The Morgan fingerprint density at radius 1 is 1.41 bits per heavy atom. The van der Waals surface area contributed by atoms with Crippen LogP contribution in [0.2, 0.25) is 0 Å². The van der Waals surface area contributed by atoms with Crippen molar-refractivity contribution < 1.29 is 24.2 Å². The molecule has 1 N–H and O–H groups in total. The van der Waals surface area contributed by atoms with Crippen LogP contribution >= 0.6 is 11.3 Å². The van der Waals surface area contributed by atoms with Crippen molar-refractivity contribution in [2.24, 2.45) is 0 Å². The zero-order chi connectivity index (χ0) is 16.1. The van der Waals surface area contributed by atoms with Crippen molar-refractivity contribution in [1.29, 1.82) is 0 Å². The van der Waals surface area contributed by atoms with Gasteiger partial charge < -0.3 is 14.6 Å². The lowest BCUT2D eigenvalue weighted by molar-refractivity contribution is -0.135. The van der Waals surface area contributed by atoms with Gasteiger partial charge in [-0.3, -0.25) is 9.69 Å². The van der Waals surface area contributed by atoms with E-state index >= 15 is 0 Å². The van der Waals surface area contributed by atoms with Gasteiger partial charge in [0, 0.05) is 4.70 Å². The van der Waals surface area contributed by atoms with E-state index in [9.17, 15) is 9.59 Å². The summed E-state index contributed by atoms with van der Waals surface area (Å²) in [7, 11) is 1.57. The first-order valence-corrected chi connectivity index (χ1v) is 7.21. The van der Waals surface area contributed by atoms with Crippen molar-refractivity contribution in [3.8, 4) is 5.75 Å². The molecule has 22 heavy (non-hydrogen) atoms. The number of carboxylic acid groups (broad SMARTS) is 1. The largest absolute Gasteiger partial charge is 0.497 e. The normalized spacial score (nSPS) is 10.2. The van der Waals surface area contributed by atoms with Crippen molar-refractivity contribution in [3.63, 3.8) is 0 Å². The number of thiophene rings is 1. The van der Waals surface area contributed by atoms with E-state index in [-0.39, 0.29) is 6.61 Å². The minimum atomic E-state index is -1.12. The number of rotatable bonds is 6. The SMILES string of the molecule is C=CCOC(=O)N(CC(=O)O)c1cc2cc(OC)ccc2s1. The van der Waals surface area contributed by atoms with Crippen LogP contribution in [0, 0.1) is 0 Å². The van der Waals surface area contributed by atoms with E-state index < -0.39 is 18.6 Å². The summed E-state index contributed by atoms with van der Waals surface area (Å²) < 4.78 is 11.0. The van der Waals surface area contributed by atoms with Crippen LogP contribution in [0.1, 0.15) is 0 Å². The lowest BCUT2D eigenvalue weighted by Gasteiger charge is -2.17. The molecule has 0 atom stereocenters. The van der Waals surface area contributed by atoms with Crippen LogP contribution in [0.4, 0.5) is 9.80 Å². The third-order valence-electron chi connectivity index (χ3n) is 2.81. The van der Waals surface area contributed by atoms with Crippen LogP contribution in [0.3, 0.4) is 0 Å². The van der Waals surface area contributed by atoms with Crippen molar-refractivity contribution in [3.05, 3.63) is 36.9 Å². The Labute approximate surface area is 131 Å². The summed E-state index contributed by atoms with van der Waals surface area (Å²) >= 11 is 1.31. The molecule has 0 aliphatic heterocycles. The molecule has 1 aromatic carbocycles. The first kappa shape index (κ1) is 15.8. The van der Waals surface area contributed by atoms with E-state index in [1.54, 1.807) is 19.2 Å². The number of anilines is 1. The van der Waals surface area contributed by atoms with Gasteiger partial charge in [-0.05, 0) is 29.7 Å². The van der Waals surface area contributed by atoms with Gasteiger partial charge in [-0.1, -0.05) is 12.7 Å². The second kappa shape index (κ2) is 6.95. The highest BCUT2D eigenvalue weighted by atomic mass is 32.1. The molecule has 0 saturated carbocycles. The number of fused-ring (bicyclic) bond motifs is 1. The third-order valence-corrected chi connectivity index (χ3v) is 3.95. The lowest BCUT2D eigenvalue weighted by atomic mass is 10.2. The Bertz CT molecular complexity index is 709. The van der Waals surface area contributed by atoms with Gasteiger partial charge in [0.2, 0.25) is 0 Å². The Hall–Kier alpha value is -2.54. The molecular formula is C15H15NO5S. The van der Waals surface area contributed by atoms with Crippen LogP contribution < -0.4 is 9.64 Å². The first-order chi connectivity index (χ1) is 10.5. The minimum Gasteiger partial charge on any atom is -0.497 e. The summed E-state index contributed by atoms with van der Waals surface area (Å²) in [4.78, 5) is 24.1.